The summed E-state index contributed by atoms with van der Waals surface area (Å²) in [7, 11) is 0. The van der Waals surface area contributed by atoms with Crippen molar-refractivity contribution in [1.29, 1.82) is 0 Å². The minimum Gasteiger partial charge on any atom is -0.384 e. The van der Waals surface area contributed by atoms with E-state index in [2.05, 4.69) is 30.0 Å². The zero-order valence-electron chi connectivity index (χ0n) is 14.5. The van der Waals surface area contributed by atoms with E-state index in [1.807, 2.05) is 39.1 Å². The fraction of sp³-hybridized carbons (Fsp3) is 0.412. The molecule has 0 atom stereocenters. The van der Waals surface area contributed by atoms with Gasteiger partial charge in [0, 0.05) is 19.3 Å². The van der Waals surface area contributed by atoms with Gasteiger partial charge in [-0.05, 0) is 31.9 Å². The number of aromatic amines is 1. The molecule has 3 aromatic heterocycles. The van der Waals surface area contributed by atoms with Crippen LogP contribution in [0.1, 0.15) is 32.5 Å². The summed E-state index contributed by atoms with van der Waals surface area (Å²) >= 11 is 0. The average molecular weight is 327 g/mol. The van der Waals surface area contributed by atoms with Crippen molar-refractivity contribution < 1.29 is 0 Å². The molecule has 0 saturated carbocycles. The number of nitrogens with one attached hydrogen (secondary N) is 1. The van der Waals surface area contributed by atoms with Crippen molar-refractivity contribution in [2.75, 3.05) is 23.7 Å². The number of nitrogens with zero attached hydrogens (tertiary/aromatic N) is 5. The van der Waals surface area contributed by atoms with Crippen molar-refractivity contribution in [2.45, 2.75) is 33.6 Å². The van der Waals surface area contributed by atoms with Gasteiger partial charge in [0.15, 0.2) is 5.65 Å². The van der Waals surface area contributed by atoms with Gasteiger partial charge >= 0.3 is 0 Å². The van der Waals surface area contributed by atoms with E-state index in [1.165, 1.54) is 12.8 Å². The number of nitrogen functional groups attached to an aromatic ring is 1. The highest BCUT2D eigenvalue weighted by Crippen LogP contribution is 2.25. The molecule has 3 N–H and O–H groups in total. The Morgan fingerprint density at radius 1 is 1.12 bits per heavy atom. The molecule has 1 aliphatic heterocycles. The third-order valence-corrected chi connectivity index (χ3v) is 3.49. The van der Waals surface area contributed by atoms with Crippen LogP contribution >= 0.6 is 0 Å². The molecule has 0 amide bonds. The molecular weight excluding hydrogens is 302 g/mol. The van der Waals surface area contributed by atoms with Crippen molar-refractivity contribution in [3.63, 3.8) is 0 Å². The largest absolute Gasteiger partial charge is 0.384 e. The number of rotatable bonds is 1. The van der Waals surface area contributed by atoms with Crippen LogP contribution in [0.5, 0.6) is 0 Å². The number of H-pyrrole nitrogens is 1. The van der Waals surface area contributed by atoms with Crippen molar-refractivity contribution in [3.05, 3.63) is 36.4 Å². The highest BCUT2D eigenvalue weighted by atomic mass is 15.2. The number of nitrogens with two attached hydrogens (primary N) is 1. The summed E-state index contributed by atoms with van der Waals surface area (Å²) in [6, 6.07) is 5.43. The summed E-state index contributed by atoms with van der Waals surface area (Å²) in [5, 5.41) is 7.95. The Morgan fingerprint density at radius 3 is 2.46 bits per heavy atom. The van der Waals surface area contributed by atoms with E-state index in [0.717, 1.165) is 35.8 Å². The van der Waals surface area contributed by atoms with E-state index in [9.17, 15) is 0 Å². The molecule has 3 aromatic rings. The van der Waals surface area contributed by atoms with E-state index in [-0.39, 0.29) is 0 Å². The maximum absolute atomic E-state index is 5.25. The van der Waals surface area contributed by atoms with Gasteiger partial charge in [-0.1, -0.05) is 19.9 Å². The second-order valence-electron chi connectivity index (χ2n) is 5.18. The maximum Gasteiger partial charge on any atom is 0.161 e. The lowest BCUT2D eigenvalue weighted by molar-refractivity contribution is 0.924. The third-order valence-electron chi connectivity index (χ3n) is 3.49. The smallest absolute Gasteiger partial charge is 0.161 e. The molecule has 0 bridgehead atoms. The Bertz CT molecular complexity index is 733. The maximum atomic E-state index is 5.25. The summed E-state index contributed by atoms with van der Waals surface area (Å²) in [6.07, 6.45) is 5.97. The van der Waals surface area contributed by atoms with E-state index >= 15 is 0 Å². The van der Waals surface area contributed by atoms with Crippen LogP contribution in [0.25, 0.3) is 11.0 Å². The first-order valence-corrected chi connectivity index (χ1v) is 8.33. The predicted molar refractivity (Wildman–Crippen MR) is 97.9 cm³/mol. The molecule has 128 valence electrons. The monoisotopic (exact) mass is 327 g/mol. The van der Waals surface area contributed by atoms with Gasteiger partial charge in [-0.15, -0.1) is 0 Å². The lowest BCUT2D eigenvalue weighted by Gasteiger charge is -2.16. The second kappa shape index (κ2) is 8.81. The number of aryl methyl sites for hydroxylation is 1. The van der Waals surface area contributed by atoms with E-state index in [4.69, 9.17) is 5.73 Å². The first-order chi connectivity index (χ1) is 11.7. The van der Waals surface area contributed by atoms with Gasteiger partial charge in [-0.25, -0.2) is 15.0 Å². The zero-order valence-corrected chi connectivity index (χ0v) is 14.5. The van der Waals surface area contributed by atoms with Gasteiger partial charge in [-0.3, -0.25) is 5.10 Å². The lowest BCUT2D eigenvalue weighted by Crippen LogP contribution is -2.19. The van der Waals surface area contributed by atoms with Crippen molar-refractivity contribution >= 4 is 22.7 Å². The summed E-state index contributed by atoms with van der Waals surface area (Å²) in [5.74, 6) is 2.40. The zero-order chi connectivity index (χ0) is 17.4. The molecular formula is C17H25N7. The standard InChI is InChI=1S/C10H13N5.C5H6N2.C2H6/c1-7-12-9-8(6-11-14-9)10(13-7)15-4-2-3-5-15;6-5-3-1-2-4-7-5;1-2/h6H,2-5H2,1H3,(H,11,12,13,14);1-4H,(H2,6,7);1-2H3. The number of fused-ring (bicyclic) bond motifs is 1. The Morgan fingerprint density at radius 2 is 1.88 bits per heavy atom. The van der Waals surface area contributed by atoms with Gasteiger partial charge in [0.2, 0.25) is 0 Å². The molecule has 0 unspecified atom stereocenters. The number of hydrogen-bond acceptors (Lipinski definition) is 6. The second-order valence-corrected chi connectivity index (χ2v) is 5.18. The van der Waals surface area contributed by atoms with E-state index < -0.39 is 0 Å². The molecule has 0 aromatic carbocycles. The van der Waals surface area contributed by atoms with Gasteiger partial charge in [0.25, 0.3) is 0 Å². The van der Waals surface area contributed by atoms with Crippen molar-refractivity contribution in [1.82, 2.24) is 25.1 Å². The Labute approximate surface area is 142 Å². The molecule has 1 fully saturated rings. The SMILES string of the molecule is CC.Cc1nc(N2CCCC2)c2cn[nH]c2n1.Nc1ccccn1. The van der Waals surface area contributed by atoms with Gasteiger partial charge in [0.05, 0.1) is 11.6 Å². The first-order valence-electron chi connectivity index (χ1n) is 8.33. The molecule has 1 aliphatic rings. The fourth-order valence-corrected chi connectivity index (χ4v) is 2.47. The highest BCUT2D eigenvalue weighted by molar-refractivity contribution is 5.86. The molecule has 7 heteroatoms. The first kappa shape index (κ1) is 17.7. The van der Waals surface area contributed by atoms with Crippen molar-refractivity contribution in [2.24, 2.45) is 0 Å². The number of aromatic nitrogens is 5. The number of hydrogen-bond donors (Lipinski definition) is 2. The molecule has 1 saturated heterocycles. The quantitative estimate of drug-likeness (QED) is 0.713. The van der Waals surface area contributed by atoms with Gasteiger partial charge < -0.3 is 10.6 Å². The summed E-state index contributed by atoms with van der Waals surface area (Å²) in [6.45, 7) is 8.10. The van der Waals surface area contributed by atoms with Crippen LogP contribution in [0, 0.1) is 6.92 Å². The number of pyridine rings is 1. The van der Waals surface area contributed by atoms with Crippen LogP contribution < -0.4 is 10.6 Å². The normalized spacial score (nSPS) is 13.0. The molecule has 7 nitrogen and oxygen atoms in total. The van der Waals surface area contributed by atoms with Crippen LogP contribution in [-0.4, -0.2) is 38.2 Å². The molecule has 4 rings (SSSR count). The Hall–Kier alpha value is -2.70. The molecule has 0 radical (unpaired) electrons. The van der Waals surface area contributed by atoms with Crippen LogP contribution in [0.4, 0.5) is 11.6 Å². The van der Waals surface area contributed by atoms with E-state index in [0.29, 0.717) is 5.82 Å². The average Bonchev–Trinajstić information content (AvgIpc) is 3.29. The van der Waals surface area contributed by atoms with Crippen LogP contribution in [0.3, 0.4) is 0 Å². The van der Waals surface area contributed by atoms with E-state index in [1.54, 1.807) is 12.3 Å². The van der Waals surface area contributed by atoms with Crippen LogP contribution in [0.2, 0.25) is 0 Å². The fourth-order valence-electron chi connectivity index (χ4n) is 2.47. The highest BCUT2D eigenvalue weighted by Gasteiger charge is 2.17. The van der Waals surface area contributed by atoms with Crippen LogP contribution in [0.15, 0.2) is 30.6 Å². The molecule has 0 spiro atoms. The van der Waals surface area contributed by atoms with Gasteiger partial charge in [-0.2, -0.15) is 5.10 Å². The molecule has 24 heavy (non-hydrogen) atoms. The molecule has 4 heterocycles. The molecule has 0 aliphatic carbocycles. The third kappa shape index (κ3) is 4.41. The minimum absolute atomic E-state index is 0.572. The Kier molecular flexibility index (Phi) is 6.48. The summed E-state index contributed by atoms with van der Waals surface area (Å²) in [5.41, 5.74) is 6.08. The Balaban J connectivity index is 0.000000196. The summed E-state index contributed by atoms with van der Waals surface area (Å²) in [4.78, 5) is 14.9. The topological polar surface area (TPSA) is 96.6 Å². The van der Waals surface area contributed by atoms with Crippen LogP contribution in [-0.2, 0) is 0 Å². The minimum atomic E-state index is 0.572. The number of anilines is 2. The lowest BCUT2D eigenvalue weighted by atomic mass is 10.3. The summed E-state index contributed by atoms with van der Waals surface area (Å²) < 4.78 is 0. The predicted octanol–water partition coefficient (Wildman–Crippen LogP) is 2.95. The van der Waals surface area contributed by atoms with Gasteiger partial charge in [0.1, 0.15) is 17.5 Å². The van der Waals surface area contributed by atoms with Crippen molar-refractivity contribution in [3.8, 4) is 0 Å².